The number of benzene rings is 2. The molecular formula is C31H44N4O2. The van der Waals surface area contributed by atoms with Crippen molar-refractivity contribution in [3.63, 3.8) is 0 Å². The number of ether oxygens (including phenoxy) is 1. The Kier molecular flexibility index (Phi) is 9.66. The van der Waals surface area contributed by atoms with Gasteiger partial charge in [0.05, 0.1) is 12.7 Å². The molecule has 3 aromatic rings. The molecule has 37 heavy (non-hydrogen) atoms. The number of unbranched alkanes of at least 4 members (excludes halogenated alkanes) is 1. The van der Waals surface area contributed by atoms with Gasteiger partial charge in [0, 0.05) is 11.8 Å². The number of hydrogen-bond donors (Lipinski definition) is 2. The maximum Gasteiger partial charge on any atom is 0.148 e. The summed E-state index contributed by atoms with van der Waals surface area (Å²) in [5, 5.41) is 24.4. The van der Waals surface area contributed by atoms with Gasteiger partial charge in [-0.3, -0.25) is 0 Å². The molecular weight excluding hydrogens is 460 g/mol. The van der Waals surface area contributed by atoms with E-state index in [2.05, 4.69) is 84.7 Å². The summed E-state index contributed by atoms with van der Waals surface area (Å²) in [5.74, 6) is 1.76. The van der Waals surface area contributed by atoms with Crippen LogP contribution in [0.1, 0.15) is 93.9 Å². The molecule has 1 atom stereocenters. The number of hydrogen-bond acceptors (Lipinski definition) is 5. The number of aromatic nitrogens is 4. The summed E-state index contributed by atoms with van der Waals surface area (Å²) >= 11 is 0. The van der Waals surface area contributed by atoms with Crippen LogP contribution in [0.25, 0.3) is 6.08 Å². The summed E-state index contributed by atoms with van der Waals surface area (Å²) in [6, 6.07) is 13.4. The quantitative estimate of drug-likeness (QED) is 0.267. The molecule has 6 nitrogen and oxygen atoms in total. The van der Waals surface area contributed by atoms with E-state index in [0.717, 1.165) is 54.8 Å². The van der Waals surface area contributed by atoms with Gasteiger partial charge in [0.25, 0.3) is 0 Å². The molecule has 1 heterocycles. The van der Waals surface area contributed by atoms with Crippen molar-refractivity contribution in [1.82, 2.24) is 20.6 Å². The van der Waals surface area contributed by atoms with Crippen LogP contribution in [0.5, 0.6) is 5.75 Å². The summed E-state index contributed by atoms with van der Waals surface area (Å²) in [7, 11) is 0. The molecule has 1 unspecified atom stereocenters. The van der Waals surface area contributed by atoms with Crippen molar-refractivity contribution in [2.45, 2.75) is 92.1 Å². The molecule has 0 fully saturated rings. The Labute approximate surface area is 222 Å². The van der Waals surface area contributed by atoms with Gasteiger partial charge in [-0.25, -0.2) is 5.10 Å². The Hall–Kier alpha value is -2.99. The maximum atomic E-state index is 10.4. The average Bonchev–Trinajstić information content (AvgIpc) is 3.38. The van der Waals surface area contributed by atoms with Crippen molar-refractivity contribution < 1.29 is 9.84 Å². The second-order valence-corrected chi connectivity index (χ2v) is 11.2. The van der Waals surface area contributed by atoms with Crippen molar-refractivity contribution >= 4 is 6.08 Å². The van der Waals surface area contributed by atoms with Gasteiger partial charge in [0.1, 0.15) is 11.6 Å². The highest BCUT2D eigenvalue weighted by molar-refractivity contribution is 5.57. The van der Waals surface area contributed by atoms with E-state index in [1.807, 2.05) is 32.9 Å². The van der Waals surface area contributed by atoms with Crippen molar-refractivity contribution in [1.29, 1.82) is 0 Å². The van der Waals surface area contributed by atoms with Gasteiger partial charge >= 0.3 is 0 Å². The summed E-state index contributed by atoms with van der Waals surface area (Å²) in [5.41, 5.74) is 5.95. The fraction of sp³-hybridized carbons (Fsp3) is 0.516. The van der Waals surface area contributed by atoms with Gasteiger partial charge in [-0.15, -0.1) is 5.10 Å². The number of aliphatic hydroxyl groups excluding tert-OH is 1. The molecule has 0 saturated heterocycles. The van der Waals surface area contributed by atoms with Gasteiger partial charge in [-0.2, -0.15) is 0 Å². The zero-order chi connectivity index (χ0) is 27.1. The van der Waals surface area contributed by atoms with Crippen LogP contribution in [0.4, 0.5) is 0 Å². The van der Waals surface area contributed by atoms with E-state index < -0.39 is 6.10 Å². The predicted molar refractivity (Wildman–Crippen MR) is 151 cm³/mol. The van der Waals surface area contributed by atoms with E-state index in [9.17, 15) is 5.11 Å². The molecule has 0 bridgehead atoms. The topological polar surface area (TPSA) is 83.9 Å². The largest absolute Gasteiger partial charge is 0.493 e. The Balaban J connectivity index is 1.74. The predicted octanol–water partition coefficient (Wildman–Crippen LogP) is 6.74. The maximum absolute atomic E-state index is 10.4. The number of rotatable bonds is 12. The molecule has 200 valence electrons. The zero-order valence-corrected chi connectivity index (χ0v) is 23.6. The summed E-state index contributed by atoms with van der Waals surface area (Å²) in [6.45, 7) is 15.7. The first-order valence-electron chi connectivity index (χ1n) is 13.5. The number of H-pyrrole nitrogens is 1. The van der Waals surface area contributed by atoms with Gasteiger partial charge in [-0.1, -0.05) is 77.1 Å². The number of nitrogens with zero attached hydrogens (tertiary/aromatic N) is 3. The van der Waals surface area contributed by atoms with Crippen molar-refractivity contribution in [2.24, 2.45) is 5.41 Å². The van der Waals surface area contributed by atoms with Gasteiger partial charge < -0.3 is 9.84 Å². The van der Waals surface area contributed by atoms with Gasteiger partial charge in [0.2, 0.25) is 0 Å². The van der Waals surface area contributed by atoms with Crippen LogP contribution in [0.2, 0.25) is 0 Å². The minimum absolute atomic E-state index is 0.0632. The van der Waals surface area contributed by atoms with Crippen molar-refractivity contribution in [2.75, 3.05) is 6.61 Å². The summed E-state index contributed by atoms with van der Waals surface area (Å²) < 4.78 is 6.11. The number of tetrazole rings is 1. The number of aryl methyl sites for hydroxylation is 3. The second kappa shape index (κ2) is 12.5. The highest BCUT2D eigenvalue weighted by atomic mass is 16.5. The van der Waals surface area contributed by atoms with Crippen molar-refractivity contribution in [3.8, 4) is 5.75 Å². The minimum Gasteiger partial charge on any atom is -0.493 e. The molecule has 0 aliphatic rings. The normalized spacial score (nSPS) is 13.3. The number of aliphatic hydroxyl groups is 1. The lowest BCUT2D eigenvalue weighted by Crippen LogP contribution is -2.26. The molecule has 0 amide bonds. The Morgan fingerprint density at radius 3 is 2.22 bits per heavy atom. The second-order valence-electron chi connectivity index (χ2n) is 11.2. The van der Waals surface area contributed by atoms with Crippen molar-refractivity contribution in [3.05, 3.63) is 76.1 Å². The standard InChI is InChI=1S/C31H44N4O2/c1-8-31(9-2,25-15-13-24(22(3)20-25)14-18-28(36)30(5,6)7)26-16-17-27(23(4)21-26)37-19-11-10-12-29-32-34-35-33-29/h13-18,20-21,28,36H,8-12,19H2,1-7H3,(H,32,33,34,35). The van der Waals surface area contributed by atoms with Crippen LogP contribution in [-0.2, 0) is 11.8 Å². The van der Waals surface area contributed by atoms with Crippen LogP contribution < -0.4 is 4.74 Å². The Bertz CT molecular complexity index is 1160. The van der Waals surface area contributed by atoms with E-state index >= 15 is 0 Å². The molecule has 0 radical (unpaired) electrons. The van der Waals surface area contributed by atoms with Crippen LogP contribution in [0.3, 0.4) is 0 Å². The van der Waals surface area contributed by atoms with Gasteiger partial charge in [-0.05, 0) is 89.3 Å². The molecule has 6 heteroatoms. The highest BCUT2D eigenvalue weighted by Crippen LogP contribution is 2.41. The van der Waals surface area contributed by atoms with E-state index in [1.165, 1.54) is 16.7 Å². The molecule has 0 spiro atoms. The Morgan fingerprint density at radius 1 is 0.973 bits per heavy atom. The third-order valence-corrected chi connectivity index (χ3v) is 7.56. The summed E-state index contributed by atoms with van der Waals surface area (Å²) in [4.78, 5) is 0. The highest BCUT2D eigenvalue weighted by Gasteiger charge is 2.31. The number of aromatic amines is 1. The molecule has 0 aliphatic heterocycles. The lowest BCUT2D eigenvalue weighted by molar-refractivity contribution is 0.106. The first-order valence-corrected chi connectivity index (χ1v) is 13.5. The lowest BCUT2D eigenvalue weighted by Gasteiger charge is -2.34. The third-order valence-electron chi connectivity index (χ3n) is 7.56. The zero-order valence-electron chi connectivity index (χ0n) is 23.6. The molecule has 2 N–H and O–H groups in total. The minimum atomic E-state index is -0.480. The smallest absolute Gasteiger partial charge is 0.148 e. The van der Waals surface area contributed by atoms with Crippen LogP contribution in [-0.4, -0.2) is 38.4 Å². The van der Waals surface area contributed by atoms with Crippen LogP contribution in [0, 0.1) is 19.3 Å². The van der Waals surface area contributed by atoms with Gasteiger partial charge in [0.15, 0.2) is 0 Å². The average molecular weight is 505 g/mol. The lowest BCUT2D eigenvalue weighted by atomic mass is 9.70. The van der Waals surface area contributed by atoms with E-state index in [4.69, 9.17) is 4.74 Å². The van der Waals surface area contributed by atoms with Crippen LogP contribution >= 0.6 is 0 Å². The molecule has 0 aliphatic carbocycles. The van der Waals surface area contributed by atoms with Crippen LogP contribution in [0.15, 0.2) is 42.5 Å². The first-order chi connectivity index (χ1) is 17.6. The van der Waals surface area contributed by atoms with E-state index in [-0.39, 0.29) is 10.8 Å². The Morgan fingerprint density at radius 2 is 1.65 bits per heavy atom. The molecule has 0 saturated carbocycles. The SMILES string of the molecule is CCC(CC)(c1ccc(C=CC(O)C(C)(C)C)c(C)c1)c1ccc(OCCCCc2nnn[nH]2)c(C)c1. The molecule has 1 aromatic heterocycles. The number of nitrogens with one attached hydrogen (secondary N) is 1. The van der Waals surface area contributed by atoms with E-state index in [0.29, 0.717) is 6.61 Å². The molecule has 2 aromatic carbocycles. The molecule has 3 rings (SSSR count). The fourth-order valence-corrected chi connectivity index (χ4v) is 4.85. The fourth-order valence-electron chi connectivity index (χ4n) is 4.85. The third kappa shape index (κ3) is 7.07. The first kappa shape index (κ1) is 28.6. The van der Waals surface area contributed by atoms with E-state index in [1.54, 1.807) is 0 Å². The summed E-state index contributed by atoms with van der Waals surface area (Å²) in [6.07, 6.45) is 8.25. The monoisotopic (exact) mass is 504 g/mol.